The third kappa shape index (κ3) is 5.01. The summed E-state index contributed by atoms with van der Waals surface area (Å²) < 4.78 is 50.1. The average Bonchev–Trinajstić information content (AvgIpc) is 2.73. The van der Waals surface area contributed by atoms with Crippen LogP contribution in [0.4, 0.5) is 19.0 Å². The first-order valence-corrected chi connectivity index (χ1v) is 8.43. The number of hydrogen-bond donors (Lipinski definition) is 1. The highest BCUT2D eigenvalue weighted by molar-refractivity contribution is 5.84. The van der Waals surface area contributed by atoms with E-state index >= 15 is 0 Å². The van der Waals surface area contributed by atoms with Gasteiger partial charge in [-0.05, 0) is 12.1 Å². The smallest absolute Gasteiger partial charge is 0.433 e. The summed E-state index contributed by atoms with van der Waals surface area (Å²) in [6.07, 6.45) is -3.21. The molecule has 0 bridgehead atoms. The zero-order chi connectivity index (χ0) is 20.9. The van der Waals surface area contributed by atoms with Crippen molar-refractivity contribution in [3.05, 3.63) is 65.9 Å². The summed E-state index contributed by atoms with van der Waals surface area (Å²) >= 11 is 0. The molecule has 0 aliphatic heterocycles. The molecule has 0 saturated heterocycles. The lowest BCUT2D eigenvalue weighted by Gasteiger charge is -2.10. The molecular weight excluding hydrogens is 385 g/mol. The molecule has 0 radical (unpaired) electrons. The fraction of sp³-hybridized carbons (Fsp3) is 0.150. The predicted octanol–water partition coefficient (Wildman–Crippen LogP) is 4.63. The monoisotopic (exact) mass is 402 g/mol. The van der Waals surface area contributed by atoms with Crippen molar-refractivity contribution in [2.75, 3.05) is 19.6 Å². The maximum atomic E-state index is 13.2. The van der Waals surface area contributed by atoms with Gasteiger partial charge in [0, 0.05) is 23.3 Å². The summed E-state index contributed by atoms with van der Waals surface area (Å²) in [5.74, 6) is 0.957. The van der Waals surface area contributed by atoms with E-state index in [9.17, 15) is 13.2 Å². The van der Waals surface area contributed by atoms with E-state index in [-0.39, 0.29) is 11.6 Å². The lowest BCUT2D eigenvalue weighted by atomic mass is 10.2. The van der Waals surface area contributed by atoms with Crippen LogP contribution < -0.4 is 14.9 Å². The molecule has 2 aromatic carbocycles. The topological polar surface area (TPSA) is 68.6 Å². The standard InChI is InChI=1S/C20H17F3N4O2/c1-28-15-9-8-14(16(10-15)29-2)12-24-27-18-11-17(20(21,22)23)25-19(26-18)13-6-4-3-5-7-13/h3-12H,1-2H3,(H,25,26,27)/b24-12+. The van der Waals surface area contributed by atoms with Crippen LogP contribution in [0.15, 0.2) is 59.7 Å². The minimum Gasteiger partial charge on any atom is -0.497 e. The molecule has 1 aromatic heterocycles. The number of benzene rings is 2. The van der Waals surface area contributed by atoms with Crippen LogP contribution in [-0.2, 0) is 6.18 Å². The van der Waals surface area contributed by atoms with Gasteiger partial charge in [0.2, 0.25) is 0 Å². The Morgan fingerprint density at radius 2 is 1.72 bits per heavy atom. The highest BCUT2D eigenvalue weighted by Gasteiger charge is 2.33. The summed E-state index contributed by atoms with van der Waals surface area (Å²) in [6.45, 7) is 0. The number of nitrogens with one attached hydrogen (secondary N) is 1. The van der Waals surface area contributed by atoms with Crippen LogP contribution in [0.25, 0.3) is 11.4 Å². The van der Waals surface area contributed by atoms with Crippen LogP contribution in [0.5, 0.6) is 11.5 Å². The van der Waals surface area contributed by atoms with Crippen molar-refractivity contribution in [1.29, 1.82) is 0 Å². The maximum absolute atomic E-state index is 13.2. The molecule has 0 aliphatic carbocycles. The van der Waals surface area contributed by atoms with Crippen LogP contribution in [0.1, 0.15) is 11.3 Å². The zero-order valence-corrected chi connectivity index (χ0v) is 15.6. The zero-order valence-electron chi connectivity index (χ0n) is 15.6. The lowest BCUT2D eigenvalue weighted by molar-refractivity contribution is -0.141. The first kappa shape index (κ1) is 20.1. The Hall–Kier alpha value is -3.62. The van der Waals surface area contributed by atoms with Crippen molar-refractivity contribution in [3.63, 3.8) is 0 Å². The summed E-state index contributed by atoms with van der Waals surface area (Å²) in [7, 11) is 3.02. The molecule has 6 nitrogen and oxygen atoms in total. The molecule has 1 heterocycles. The van der Waals surface area contributed by atoms with Gasteiger partial charge in [-0.2, -0.15) is 18.3 Å². The maximum Gasteiger partial charge on any atom is 0.433 e. The molecule has 3 aromatic rings. The van der Waals surface area contributed by atoms with Crippen LogP contribution in [0, 0.1) is 0 Å². The van der Waals surface area contributed by atoms with Gasteiger partial charge < -0.3 is 9.47 Å². The van der Waals surface area contributed by atoms with Gasteiger partial charge in [0.05, 0.1) is 20.4 Å². The minimum atomic E-state index is -4.62. The molecule has 0 saturated carbocycles. The number of nitrogens with zero attached hydrogens (tertiary/aromatic N) is 3. The lowest BCUT2D eigenvalue weighted by Crippen LogP contribution is -2.11. The second-order valence-corrected chi connectivity index (χ2v) is 5.80. The van der Waals surface area contributed by atoms with Crippen LogP contribution in [0.3, 0.4) is 0 Å². The molecule has 0 aliphatic rings. The largest absolute Gasteiger partial charge is 0.497 e. The van der Waals surface area contributed by atoms with Crippen molar-refractivity contribution in [2.24, 2.45) is 5.10 Å². The SMILES string of the molecule is COc1ccc(/C=N/Nc2cc(C(F)(F)F)nc(-c3ccccc3)n2)c(OC)c1. The first-order chi connectivity index (χ1) is 13.9. The minimum absolute atomic E-state index is 0.0554. The Morgan fingerprint density at radius 3 is 2.38 bits per heavy atom. The number of alkyl halides is 3. The van der Waals surface area contributed by atoms with E-state index in [1.165, 1.54) is 20.4 Å². The third-order valence-electron chi connectivity index (χ3n) is 3.87. The molecule has 150 valence electrons. The number of anilines is 1. The Balaban J connectivity index is 1.90. The number of methoxy groups -OCH3 is 2. The Bertz CT molecular complexity index is 1010. The third-order valence-corrected chi connectivity index (χ3v) is 3.87. The van der Waals surface area contributed by atoms with Gasteiger partial charge in [0.15, 0.2) is 17.3 Å². The van der Waals surface area contributed by atoms with Crippen LogP contribution in [-0.4, -0.2) is 30.4 Å². The van der Waals surface area contributed by atoms with E-state index in [1.54, 1.807) is 48.5 Å². The normalized spacial score (nSPS) is 11.5. The Morgan fingerprint density at radius 1 is 0.966 bits per heavy atom. The summed E-state index contributed by atoms with van der Waals surface area (Å²) in [5.41, 5.74) is 2.53. The fourth-order valence-electron chi connectivity index (χ4n) is 2.46. The van der Waals surface area contributed by atoms with E-state index in [1.807, 2.05) is 0 Å². The molecular formula is C20H17F3N4O2. The number of ether oxygens (including phenoxy) is 2. The number of hydrazone groups is 1. The van der Waals surface area contributed by atoms with Gasteiger partial charge >= 0.3 is 6.18 Å². The molecule has 3 rings (SSSR count). The van der Waals surface area contributed by atoms with E-state index in [0.717, 1.165) is 6.07 Å². The van der Waals surface area contributed by atoms with Gasteiger partial charge in [-0.1, -0.05) is 30.3 Å². The highest BCUT2D eigenvalue weighted by atomic mass is 19.4. The molecule has 0 atom stereocenters. The van der Waals surface area contributed by atoms with Crippen LogP contribution >= 0.6 is 0 Å². The highest BCUT2D eigenvalue weighted by Crippen LogP contribution is 2.30. The molecule has 0 spiro atoms. The van der Waals surface area contributed by atoms with Gasteiger partial charge in [-0.15, -0.1) is 0 Å². The van der Waals surface area contributed by atoms with Crippen molar-refractivity contribution >= 4 is 12.0 Å². The number of aromatic nitrogens is 2. The summed E-state index contributed by atoms with van der Waals surface area (Å²) in [4.78, 5) is 7.76. The van der Waals surface area contributed by atoms with E-state index in [0.29, 0.717) is 22.6 Å². The number of rotatable bonds is 6. The van der Waals surface area contributed by atoms with E-state index in [4.69, 9.17) is 9.47 Å². The van der Waals surface area contributed by atoms with Gasteiger partial charge in [0.1, 0.15) is 11.5 Å². The van der Waals surface area contributed by atoms with Crippen molar-refractivity contribution in [1.82, 2.24) is 9.97 Å². The molecule has 0 amide bonds. The van der Waals surface area contributed by atoms with E-state index in [2.05, 4.69) is 20.5 Å². The van der Waals surface area contributed by atoms with Crippen molar-refractivity contribution in [3.8, 4) is 22.9 Å². The molecule has 1 N–H and O–H groups in total. The molecule has 29 heavy (non-hydrogen) atoms. The van der Waals surface area contributed by atoms with Crippen LogP contribution in [0.2, 0.25) is 0 Å². The summed E-state index contributed by atoms with van der Waals surface area (Å²) in [5, 5.41) is 3.98. The molecule has 9 heteroatoms. The first-order valence-electron chi connectivity index (χ1n) is 8.43. The average molecular weight is 402 g/mol. The second-order valence-electron chi connectivity index (χ2n) is 5.80. The number of hydrogen-bond acceptors (Lipinski definition) is 6. The quantitative estimate of drug-likeness (QED) is 0.481. The second kappa shape index (κ2) is 8.59. The van der Waals surface area contributed by atoms with Gasteiger partial charge in [-0.3, -0.25) is 5.43 Å². The van der Waals surface area contributed by atoms with Crippen molar-refractivity contribution < 1.29 is 22.6 Å². The summed E-state index contributed by atoms with van der Waals surface area (Å²) in [6, 6.07) is 14.3. The fourth-order valence-corrected chi connectivity index (χ4v) is 2.46. The molecule has 0 fully saturated rings. The van der Waals surface area contributed by atoms with Crippen molar-refractivity contribution in [2.45, 2.75) is 6.18 Å². The van der Waals surface area contributed by atoms with E-state index < -0.39 is 11.9 Å². The van der Waals surface area contributed by atoms with Gasteiger partial charge in [-0.25, -0.2) is 9.97 Å². The predicted molar refractivity (Wildman–Crippen MR) is 103 cm³/mol. The number of halogens is 3. The Labute approximate surface area is 165 Å². The Kier molecular flexibility index (Phi) is 5.96. The molecule has 0 unspecified atom stereocenters. The van der Waals surface area contributed by atoms with Gasteiger partial charge in [0.25, 0.3) is 0 Å².